The summed E-state index contributed by atoms with van der Waals surface area (Å²) in [6, 6.07) is 10.3. The Kier molecular flexibility index (Phi) is 4.90. The van der Waals surface area contributed by atoms with Crippen molar-refractivity contribution in [3.05, 3.63) is 54.6 Å². The maximum absolute atomic E-state index is 5.32. The van der Waals surface area contributed by atoms with Gasteiger partial charge < -0.3 is 9.88 Å². The minimum atomic E-state index is 0.821. The summed E-state index contributed by atoms with van der Waals surface area (Å²) in [4.78, 5) is 4.92. The van der Waals surface area contributed by atoms with E-state index in [1.54, 1.807) is 6.20 Å². The van der Waals surface area contributed by atoms with E-state index < -0.39 is 0 Å². The fourth-order valence-electron chi connectivity index (χ4n) is 1.75. The van der Waals surface area contributed by atoms with Crippen LogP contribution in [0.15, 0.2) is 49.1 Å². The topological polar surface area (TPSA) is 29.9 Å². The number of hydrogen-bond donors (Lipinski definition) is 1. The van der Waals surface area contributed by atoms with Gasteiger partial charge in [-0.05, 0) is 12.0 Å². The Morgan fingerprint density at radius 2 is 2.11 bits per heavy atom. The molecule has 94 valence electrons. The predicted octanol–water partition coefficient (Wildman–Crippen LogP) is 2.43. The molecule has 0 saturated heterocycles. The van der Waals surface area contributed by atoms with Gasteiger partial charge in [-0.25, -0.2) is 4.98 Å². The minimum absolute atomic E-state index is 0.821. The fourth-order valence-corrected chi connectivity index (χ4v) is 2.02. The number of aryl methyl sites for hydroxylation is 1. The summed E-state index contributed by atoms with van der Waals surface area (Å²) in [5.41, 5.74) is 1.25. The molecule has 2 rings (SSSR count). The van der Waals surface area contributed by atoms with E-state index in [0.29, 0.717) is 0 Å². The van der Waals surface area contributed by atoms with Gasteiger partial charge in [0.25, 0.3) is 0 Å². The Balaban J connectivity index is 1.63. The lowest BCUT2D eigenvalue weighted by Gasteiger charge is -2.08. The molecule has 0 bridgehead atoms. The van der Waals surface area contributed by atoms with E-state index >= 15 is 0 Å². The monoisotopic (exact) mass is 259 g/mol. The van der Waals surface area contributed by atoms with E-state index in [1.165, 1.54) is 5.56 Å². The van der Waals surface area contributed by atoms with Crippen LogP contribution < -0.4 is 5.32 Å². The second-order valence-corrected chi connectivity index (χ2v) is 4.66. The Morgan fingerprint density at radius 3 is 2.83 bits per heavy atom. The standard InChI is InChI=1S/C14H17N3S/c18-14(11-13-5-2-1-3-6-13)16-7-4-9-17-10-8-15-12-17/h1-3,5-6,8,10,12H,4,7,9,11H2,(H,16,18). The lowest BCUT2D eigenvalue weighted by molar-refractivity contribution is 0.630. The first kappa shape index (κ1) is 12.8. The van der Waals surface area contributed by atoms with Crippen molar-refractivity contribution in [3.8, 4) is 0 Å². The maximum atomic E-state index is 5.32. The molecular formula is C14H17N3S. The molecule has 0 aliphatic heterocycles. The lowest BCUT2D eigenvalue weighted by atomic mass is 10.1. The molecule has 0 spiro atoms. The Bertz CT molecular complexity index is 465. The van der Waals surface area contributed by atoms with Crippen LogP contribution in [0.1, 0.15) is 12.0 Å². The molecule has 0 amide bonds. The van der Waals surface area contributed by atoms with Crippen molar-refractivity contribution in [1.29, 1.82) is 0 Å². The normalized spacial score (nSPS) is 10.2. The molecule has 0 saturated carbocycles. The van der Waals surface area contributed by atoms with Crippen LogP contribution in [0.4, 0.5) is 0 Å². The van der Waals surface area contributed by atoms with Gasteiger partial charge in [0.05, 0.1) is 11.3 Å². The first-order chi connectivity index (χ1) is 8.84. The summed E-state index contributed by atoms with van der Waals surface area (Å²) in [6.07, 6.45) is 7.48. The van der Waals surface area contributed by atoms with Crippen LogP contribution in [0.3, 0.4) is 0 Å². The first-order valence-corrected chi connectivity index (χ1v) is 6.52. The van der Waals surface area contributed by atoms with Crippen LogP contribution in [0.2, 0.25) is 0 Å². The van der Waals surface area contributed by atoms with Crippen molar-refractivity contribution >= 4 is 17.2 Å². The average molecular weight is 259 g/mol. The number of nitrogens with one attached hydrogen (secondary N) is 1. The van der Waals surface area contributed by atoms with Gasteiger partial charge in [-0.3, -0.25) is 0 Å². The summed E-state index contributed by atoms with van der Waals surface area (Å²) in [7, 11) is 0. The average Bonchev–Trinajstić information content (AvgIpc) is 2.89. The van der Waals surface area contributed by atoms with Crippen LogP contribution in [-0.2, 0) is 13.0 Å². The van der Waals surface area contributed by atoms with Gasteiger partial charge in [-0.2, -0.15) is 0 Å². The maximum Gasteiger partial charge on any atom is 0.0945 e. The van der Waals surface area contributed by atoms with E-state index in [1.807, 2.05) is 30.7 Å². The second-order valence-electron chi connectivity index (χ2n) is 4.17. The molecule has 0 aliphatic carbocycles. The van der Waals surface area contributed by atoms with Crippen molar-refractivity contribution in [3.63, 3.8) is 0 Å². The highest BCUT2D eigenvalue weighted by Crippen LogP contribution is 2.00. The number of rotatable bonds is 6. The van der Waals surface area contributed by atoms with Crippen LogP contribution >= 0.6 is 12.2 Å². The molecule has 1 N–H and O–H groups in total. The predicted molar refractivity (Wildman–Crippen MR) is 77.6 cm³/mol. The molecule has 0 aliphatic rings. The van der Waals surface area contributed by atoms with Crippen molar-refractivity contribution in [2.75, 3.05) is 6.54 Å². The van der Waals surface area contributed by atoms with Crippen LogP contribution in [0.25, 0.3) is 0 Å². The molecule has 1 aromatic carbocycles. The summed E-state index contributed by atoms with van der Waals surface area (Å²) in [5, 5.41) is 3.29. The van der Waals surface area contributed by atoms with E-state index in [9.17, 15) is 0 Å². The molecule has 0 radical (unpaired) electrons. The Hall–Kier alpha value is -1.68. The molecule has 4 heteroatoms. The summed E-state index contributed by atoms with van der Waals surface area (Å²) >= 11 is 5.32. The molecule has 18 heavy (non-hydrogen) atoms. The lowest BCUT2D eigenvalue weighted by Crippen LogP contribution is -2.25. The highest BCUT2D eigenvalue weighted by atomic mass is 32.1. The highest BCUT2D eigenvalue weighted by Gasteiger charge is 1.98. The minimum Gasteiger partial charge on any atom is -0.379 e. The van der Waals surface area contributed by atoms with Gasteiger partial charge in [0.2, 0.25) is 0 Å². The van der Waals surface area contributed by atoms with E-state index in [-0.39, 0.29) is 0 Å². The number of benzene rings is 1. The van der Waals surface area contributed by atoms with Gasteiger partial charge in [0.1, 0.15) is 0 Å². The van der Waals surface area contributed by atoms with Crippen molar-refractivity contribution < 1.29 is 0 Å². The van der Waals surface area contributed by atoms with Crippen molar-refractivity contribution in [1.82, 2.24) is 14.9 Å². The summed E-state index contributed by atoms with van der Waals surface area (Å²) in [5.74, 6) is 0. The molecule has 2 aromatic rings. The number of thiocarbonyl (C=S) groups is 1. The number of nitrogens with zero attached hydrogens (tertiary/aromatic N) is 2. The molecule has 0 atom stereocenters. The van der Waals surface area contributed by atoms with E-state index in [0.717, 1.165) is 30.9 Å². The van der Waals surface area contributed by atoms with Gasteiger partial charge in [0.15, 0.2) is 0 Å². The summed E-state index contributed by atoms with van der Waals surface area (Å²) < 4.78 is 2.07. The van der Waals surface area contributed by atoms with Gasteiger partial charge >= 0.3 is 0 Å². The smallest absolute Gasteiger partial charge is 0.0945 e. The molecule has 0 unspecified atom stereocenters. The quantitative estimate of drug-likeness (QED) is 0.638. The van der Waals surface area contributed by atoms with Crippen molar-refractivity contribution in [2.45, 2.75) is 19.4 Å². The van der Waals surface area contributed by atoms with E-state index in [2.05, 4.69) is 27.0 Å². The third-order valence-corrected chi connectivity index (χ3v) is 2.97. The molecule has 0 fully saturated rings. The Labute approximate surface area is 113 Å². The molecule has 3 nitrogen and oxygen atoms in total. The zero-order chi connectivity index (χ0) is 12.6. The zero-order valence-electron chi connectivity index (χ0n) is 10.2. The number of hydrogen-bond acceptors (Lipinski definition) is 2. The Morgan fingerprint density at radius 1 is 1.28 bits per heavy atom. The third-order valence-electron chi connectivity index (χ3n) is 2.68. The second kappa shape index (κ2) is 6.91. The van der Waals surface area contributed by atoms with Crippen molar-refractivity contribution in [2.24, 2.45) is 0 Å². The van der Waals surface area contributed by atoms with Crippen LogP contribution in [0.5, 0.6) is 0 Å². The summed E-state index contributed by atoms with van der Waals surface area (Å²) in [6.45, 7) is 1.88. The SMILES string of the molecule is S=C(Cc1ccccc1)NCCCn1ccnc1. The van der Waals surface area contributed by atoms with Crippen LogP contribution in [0, 0.1) is 0 Å². The number of aromatic nitrogens is 2. The molecule has 1 aromatic heterocycles. The highest BCUT2D eigenvalue weighted by molar-refractivity contribution is 7.80. The number of imidazole rings is 1. The third kappa shape index (κ3) is 4.30. The molecule has 1 heterocycles. The van der Waals surface area contributed by atoms with Gasteiger partial charge in [-0.1, -0.05) is 42.5 Å². The van der Waals surface area contributed by atoms with E-state index in [4.69, 9.17) is 12.2 Å². The van der Waals surface area contributed by atoms with Gasteiger partial charge in [0, 0.05) is 31.9 Å². The molecular weight excluding hydrogens is 242 g/mol. The first-order valence-electron chi connectivity index (χ1n) is 6.11. The zero-order valence-corrected chi connectivity index (χ0v) is 11.1. The fraction of sp³-hybridized carbons (Fsp3) is 0.286. The largest absolute Gasteiger partial charge is 0.379 e. The van der Waals surface area contributed by atoms with Crippen LogP contribution in [-0.4, -0.2) is 21.1 Å². The van der Waals surface area contributed by atoms with Gasteiger partial charge in [-0.15, -0.1) is 0 Å².